The third kappa shape index (κ3) is 4.23. The third-order valence-electron chi connectivity index (χ3n) is 5.68. The van der Waals surface area contributed by atoms with E-state index in [4.69, 9.17) is 0 Å². The van der Waals surface area contributed by atoms with E-state index < -0.39 is 0 Å². The molecule has 0 radical (unpaired) electrons. The minimum absolute atomic E-state index is 0.0756. The van der Waals surface area contributed by atoms with Gasteiger partial charge in [-0.15, -0.1) is 10.2 Å². The van der Waals surface area contributed by atoms with Gasteiger partial charge in [-0.2, -0.15) is 0 Å². The molecule has 1 amide bonds. The number of fused-ring (bicyclic) bond motifs is 1. The molecule has 0 spiro atoms. The van der Waals surface area contributed by atoms with Crippen molar-refractivity contribution in [2.75, 3.05) is 36.4 Å². The van der Waals surface area contributed by atoms with Gasteiger partial charge in [0.25, 0.3) is 5.91 Å². The van der Waals surface area contributed by atoms with E-state index in [1.165, 1.54) is 0 Å². The Labute approximate surface area is 186 Å². The van der Waals surface area contributed by atoms with E-state index in [0.717, 1.165) is 46.8 Å². The highest BCUT2D eigenvalue weighted by atomic mass is 16.2. The average Bonchev–Trinajstić information content (AvgIpc) is 2.84. The molecule has 0 atom stereocenters. The summed E-state index contributed by atoms with van der Waals surface area (Å²) in [6.45, 7) is 4.70. The maximum absolute atomic E-state index is 13.0. The van der Waals surface area contributed by atoms with Crippen LogP contribution in [0.3, 0.4) is 0 Å². The molecular weight excluding hydrogens is 400 g/mol. The van der Waals surface area contributed by atoms with E-state index in [1.807, 2.05) is 78.6 Å². The van der Waals surface area contributed by atoms with Gasteiger partial charge in [-0.05, 0) is 54.1 Å². The van der Waals surface area contributed by atoms with Crippen LogP contribution in [0.2, 0.25) is 0 Å². The summed E-state index contributed by atoms with van der Waals surface area (Å²) in [4.78, 5) is 21.5. The van der Waals surface area contributed by atoms with Gasteiger partial charge in [0.05, 0.1) is 0 Å². The first kappa shape index (κ1) is 19.9. The Kier molecular flexibility index (Phi) is 5.37. The van der Waals surface area contributed by atoms with Crippen molar-refractivity contribution in [1.29, 1.82) is 0 Å². The van der Waals surface area contributed by atoms with Crippen LogP contribution in [-0.4, -0.2) is 52.2 Å². The molecule has 0 aliphatic carbocycles. The quantitative estimate of drug-likeness (QED) is 0.533. The fourth-order valence-corrected chi connectivity index (χ4v) is 3.95. The Morgan fingerprint density at radius 1 is 0.812 bits per heavy atom. The molecule has 0 saturated carbocycles. The maximum Gasteiger partial charge on any atom is 0.253 e. The van der Waals surface area contributed by atoms with Crippen LogP contribution in [0.1, 0.15) is 16.1 Å². The van der Waals surface area contributed by atoms with Gasteiger partial charge >= 0.3 is 0 Å². The Morgan fingerprint density at radius 2 is 1.62 bits per heavy atom. The zero-order chi connectivity index (χ0) is 21.9. The number of carbonyl (C=O) groups excluding carboxylic acids is 1. The highest BCUT2D eigenvalue weighted by Gasteiger charge is 2.23. The number of amides is 1. The molecule has 2 aromatic carbocycles. The van der Waals surface area contributed by atoms with Gasteiger partial charge in [0.1, 0.15) is 5.82 Å². The summed E-state index contributed by atoms with van der Waals surface area (Å²) in [5, 5.41) is 14.1. The molecule has 3 heterocycles. The second-order valence-corrected chi connectivity index (χ2v) is 7.91. The van der Waals surface area contributed by atoms with E-state index in [-0.39, 0.29) is 5.91 Å². The summed E-state index contributed by atoms with van der Waals surface area (Å²) < 4.78 is 0. The van der Waals surface area contributed by atoms with Gasteiger partial charge in [-0.25, -0.2) is 4.98 Å². The Balaban J connectivity index is 1.20. The highest BCUT2D eigenvalue weighted by molar-refractivity contribution is 5.98. The molecule has 7 heteroatoms. The smallest absolute Gasteiger partial charge is 0.253 e. The molecule has 1 N–H and O–H groups in total. The molecule has 1 aliphatic heterocycles. The second kappa shape index (κ2) is 8.63. The lowest BCUT2D eigenvalue weighted by Gasteiger charge is -2.35. The zero-order valence-corrected chi connectivity index (χ0v) is 17.9. The third-order valence-corrected chi connectivity index (χ3v) is 5.68. The van der Waals surface area contributed by atoms with Crippen LogP contribution >= 0.6 is 0 Å². The van der Waals surface area contributed by atoms with Crippen LogP contribution in [0.5, 0.6) is 0 Å². The van der Waals surface area contributed by atoms with Crippen molar-refractivity contribution in [3.63, 3.8) is 0 Å². The standard InChI is InChI=1S/C25H24N6O/c1-18-5-4-8-22(26-18)27-23-11-12-24(29-28-23)30-13-15-31(16-14-30)25(32)21-10-9-19-6-2-3-7-20(19)17-21/h2-12,17H,13-16H2,1H3,(H,26,27,28). The summed E-state index contributed by atoms with van der Waals surface area (Å²) >= 11 is 0. The first-order valence-corrected chi connectivity index (χ1v) is 10.7. The van der Waals surface area contributed by atoms with E-state index in [1.54, 1.807) is 0 Å². The summed E-state index contributed by atoms with van der Waals surface area (Å²) in [5.41, 5.74) is 1.67. The minimum Gasteiger partial charge on any atom is -0.352 e. The molecule has 32 heavy (non-hydrogen) atoms. The molecule has 4 aromatic rings. The number of pyridine rings is 1. The summed E-state index contributed by atoms with van der Waals surface area (Å²) in [6, 6.07) is 23.6. The Hall–Kier alpha value is -4.00. The van der Waals surface area contributed by atoms with Crippen LogP contribution < -0.4 is 10.2 Å². The molecular formula is C25H24N6O. The average molecular weight is 425 g/mol. The lowest BCUT2D eigenvalue weighted by Crippen LogP contribution is -2.49. The van der Waals surface area contributed by atoms with Crippen molar-refractivity contribution in [2.45, 2.75) is 6.92 Å². The number of nitrogens with zero attached hydrogens (tertiary/aromatic N) is 5. The number of aromatic nitrogens is 3. The van der Waals surface area contributed by atoms with E-state index in [2.05, 4.69) is 31.5 Å². The molecule has 0 unspecified atom stereocenters. The maximum atomic E-state index is 13.0. The number of benzene rings is 2. The molecule has 7 nitrogen and oxygen atoms in total. The molecule has 1 fully saturated rings. The van der Waals surface area contributed by atoms with Crippen molar-refractivity contribution >= 4 is 34.1 Å². The van der Waals surface area contributed by atoms with Gasteiger partial charge in [-0.3, -0.25) is 4.79 Å². The van der Waals surface area contributed by atoms with Gasteiger partial charge in [-0.1, -0.05) is 36.4 Å². The summed E-state index contributed by atoms with van der Waals surface area (Å²) in [6.07, 6.45) is 0. The molecule has 0 bridgehead atoms. The zero-order valence-electron chi connectivity index (χ0n) is 17.9. The molecule has 1 aliphatic rings. The van der Waals surface area contributed by atoms with Gasteiger partial charge < -0.3 is 15.1 Å². The Bertz CT molecular complexity index is 1250. The van der Waals surface area contributed by atoms with Crippen LogP contribution in [0, 0.1) is 6.92 Å². The SMILES string of the molecule is Cc1cccc(Nc2ccc(N3CCN(C(=O)c4ccc5ccccc5c4)CC3)nn2)n1. The molecule has 160 valence electrons. The highest BCUT2D eigenvalue weighted by Crippen LogP contribution is 2.20. The van der Waals surface area contributed by atoms with Crippen molar-refractivity contribution < 1.29 is 4.79 Å². The number of nitrogens with one attached hydrogen (secondary N) is 1. The van der Waals surface area contributed by atoms with Crippen LogP contribution in [0.25, 0.3) is 10.8 Å². The largest absolute Gasteiger partial charge is 0.352 e. The lowest BCUT2D eigenvalue weighted by atomic mass is 10.1. The Morgan fingerprint density at radius 3 is 2.38 bits per heavy atom. The number of hydrogen-bond acceptors (Lipinski definition) is 6. The number of hydrogen-bond donors (Lipinski definition) is 1. The molecule has 1 saturated heterocycles. The van der Waals surface area contributed by atoms with Crippen LogP contribution in [-0.2, 0) is 0 Å². The first-order chi connectivity index (χ1) is 15.7. The number of carbonyl (C=O) groups is 1. The van der Waals surface area contributed by atoms with Gasteiger partial charge in [0.2, 0.25) is 0 Å². The number of piperazine rings is 1. The predicted octanol–water partition coefficient (Wildman–Crippen LogP) is 4.04. The van der Waals surface area contributed by atoms with Gasteiger partial charge in [0.15, 0.2) is 11.6 Å². The molecule has 5 rings (SSSR count). The second-order valence-electron chi connectivity index (χ2n) is 7.91. The van der Waals surface area contributed by atoms with Gasteiger partial charge in [0, 0.05) is 37.4 Å². The van der Waals surface area contributed by atoms with E-state index in [0.29, 0.717) is 18.9 Å². The lowest BCUT2D eigenvalue weighted by molar-refractivity contribution is 0.0746. The van der Waals surface area contributed by atoms with Crippen LogP contribution in [0.15, 0.2) is 72.8 Å². The summed E-state index contributed by atoms with van der Waals surface area (Å²) in [5.74, 6) is 2.28. The topological polar surface area (TPSA) is 74.2 Å². The number of anilines is 3. The van der Waals surface area contributed by atoms with Crippen molar-refractivity contribution in [2.24, 2.45) is 0 Å². The van der Waals surface area contributed by atoms with E-state index in [9.17, 15) is 4.79 Å². The predicted molar refractivity (Wildman–Crippen MR) is 126 cm³/mol. The minimum atomic E-state index is 0.0756. The van der Waals surface area contributed by atoms with Crippen molar-refractivity contribution in [3.8, 4) is 0 Å². The summed E-state index contributed by atoms with van der Waals surface area (Å²) in [7, 11) is 0. The monoisotopic (exact) mass is 424 g/mol. The normalized spacial score (nSPS) is 13.9. The fourth-order valence-electron chi connectivity index (χ4n) is 3.95. The first-order valence-electron chi connectivity index (χ1n) is 10.7. The molecule has 2 aromatic heterocycles. The fraction of sp³-hybridized carbons (Fsp3) is 0.200. The number of rotatable bonds is 4. The number of aryl methyl sites for hydroxylation is 1. The van der Waals surface area contributed by atoms with Crippen LogP contribution in [0.4, 0.5) is 17.5 Å². The van der Waals surface area contributed by atoms with E-state index >= 15 is 0 Å². The van der Waals surface area contributed by atoms with Crippen molar-refractivity contribution in [1.82, 2.24) is 20.1 Å². The van der Waals surface area contributed by atoms with Crippen molar-refractivity contribution in [3.05, 3.63) is 84.1 Å².